The maximum absolute atomic E-state index is 8.36. The highest BCUT2D eigenvalue weighted by Gasteiger charge is 2.18. The third-order valence-corrected chi connectivity index (χ3v) is 1.22. The lowest BCUT2D eigenvalue weighted by molar-refractivity contribution is 0.351. The molecule has 0 aromatic carbocycles. The van der Waals surface area contributed by atoms with Crippen LogP contribution in [0.4, 0.5) is 0 Å². The SMILES string of the molecule is CN1C[CH]NC1C#N. The van der Waals surface area contributed by atoms with E-state index < -0.39 is 0 Å². The molecule has 0 bridgehead atoms. The molecular formula is C5H8N3. The van der Waals surface area contributed by atoms with Gasteiger partial charge in [0, 0.05) is 13.1 Å². The summed E-state index contributed by atoms with van der Waals surface area (Å²) < 4.78 is 0. The molecule has 1 N–H and O–H groups in total. The molecule has 1 aliphatic rings. The Bertz CT molecular complexity index is 115. The second-order valence-electron chi connectivity index (χ2n) is 1.84. The maximum atomic E-state index is 8.36. The Hall–Kier alpha value is -0.590. The van der Waals surface area contributed by atoms with E-state index in [4.69, 9.17) is 5.26 Å². The van der Waals surface area contributed by atoms with Crippen LogP contribution in [0.5, 0.6) is 0 Å². The third kappa shape index (κ3) is 0.808. The van der Waals surface area contributed by atoms with E-state index >= 15 is 0 Å². The molecule has 0 aromatic rings. The molecule has 0 saturated carbocycles. The first-order chi connectivity index (χ1) is 3.84. The van der Waals surface area contributed by atoms with Gasteiger partial charge in [-0.1, -0.05) is 0 Å². The van der Waals surface area contributed by atoms with Crippen LogP contribution in [0.1, 0.15) is 0 Å². The predicted molar refractivity (Wildman–Crippen MR) is 29.5 cm³/mol. The van der Waals surface area contributed by atoms with Crippen LogP contribution in [0.3, 0.4) is 0 Å². The number of rotatable bonds is 0. The molecule has 1 rings (SSSR count). The molecule has 1 heterocycles. The van der Waals surface area contributed by atoms with Crippen LogP contribution in [0.2, 0.25) is 0 Å². The highest BCUT2D eigenvalue weighted by Crippen LogP contribution is 1.98. The standard InChI is InChI=1S/C5H8N3/c1-8-3-2-7-5(8)4-6/h2,5,7H,3H2,1H3. The van der Waals surface area contributed by atoms with Gasteiger partial charge in [-0.15, -0.1) is 0 Å². The summed E-state index contributed by atoms with van der Waals surface area (Å²) in [6.45, 7) is 2.74. The second-order valence-corrected chi connectivity index (χ2v) is 1.84. The average molecular weight is 110 g/mol. The topological polar surface area (TPSA) is 39.1 Å². The van der Waals surface area contributed by atoms with Crippen molar-refractivity contribution in [1.29, 1.82) is 5.26 Å². The number of hydrogen-bond donors (Lipinski definition) is 1. The fourth-order valence-electron chi connectivity index (χ4n) is 0.677. The molecule has 1 radical (unpaired) electrons. The fourth-order valence-corrected chi connectivity index (χ4v) is 0.677. The van der Waals surface area contributed by atoms with E-state index in [9.17, 15) is 0 Å². The van der Waals surface area contributed by atoms with Crippen LogP contribution in [-0.2, 0) is 0 Å². The molecule has 43 valence electrons. The predicted octanol–water partition coefficient (Wildman–Crippen LogP) is -0.467. The summed E-state index contributed by atoms with van der Waals surface area (Å²) in [5.41, 5.74) is 0. The zero-order valence-corrected chi connectivity index (χ0v) is 4.76. The molecule has 0 aliphatic carbocycles. The Kier molecular flexibility index (Phi) is 1.47. The van der Waals surface area contributed by atoms with Gasteiger partial charge in [-0.3, -0.25) is 10.2 Å². The average Bonchev–Trinajstić information content (AvgIpc) is 2.14. The summed E-state index contributed by atoms with van der Waals surface area (Å²) in [5.74, 6) is 0. The molecule has 0 amide bonds. The molecule has 8 heavy (non-hydrogen) atoms. The largest absolute Gasteiger partial charge is 0.284 e. The Morgan fingerprint density at radius 3 is 3.00 bits per heavy atom. The number of nitrogens with zero attached hydrogens (tertiary/aromatic N) is 2. The van der Waals surface area contributed by atoms with Crippen LogP contribution < -0.4 is 5.32 Å². The Balaban J connectivity index is 2.45. The van der Waals surface area contributed by atoms with Crippen molar-refractivity contribution < 1.29 is 0 Å². The van der Waals surface area contributed by atoms with E-state index in [1.54, 1.807) is 0 Å². The minimum absolute atomic E-state index is 0.102. The van der Waals surface area contributed by atoms with Crippen LogP contribution in [-0.4, -0.2) is 24.7 Å². The van der Waals surface area contributed by atoms with Crippen molar-refractivity contribution in [3.05, 3.63) is 6.54 Å². The molecule has 1 fully saturated rings. The highest BCUT2D eigenvalue weighted by molar-refractivity contribution is 4.96. The van der Waals surface area contributed by atoms with Gasteiger partial charge in [-0.05, 0) is 7.05 Å². The van der Waals surface area contributed by atoms with Gasteiger partial charge in [0.2, 0.25) is 0 Å². The smallest absolute Gasteiger partial charge is 0.150 e. The molecule has 1 unspecified atom stereocenters. The fraction of sp³-hybridized carbons (Fsp3) is 0.600. The van der Waals surface area contributed by atoms with Gasteiger partial charge in [0.05, 0.1) is 6.07 Å². The quantitative estimate of drug-likeness (QED) is 0.458. The van der Waals surface area contributed by atoms with Crippen molar-refractivity contribution in [2.24, 2.45) is 0 Å². The lowest BCUT2D eigenvalue weighted by atomic mass is 10.5. The third-order valence-electron chi connectivity index (χ3n) is 1.22. The molecule has 3 nitrogen and oxygen atoms in total. The number of nitriles is 1. The van der Waals surface area contributed by atoms with E-state index in [0.717, 1.165) is 6.54 Å². The summed E-state index contributed by atoms with van der Waals surface area (Å²) >= 11 is 0. The highest BCUT2D eigenvalue weighted by atomic mass is 15.3. The lowest BCUT2D eigenvalue weighted by Crippen LogP contribution is -2.30. The van der Waals surface area contributed by atoms with Crippen molar-refractivity contribution in [3.63, 3.8) is 0 Å². The zero-order chi connectivity index (χ0) is 5.98. The number of hydrogen-bond acceptors (Lipinski definition) is 3. The zero-order valence-electron chi connectivity index (χ0n) is 4.76. The summed E-state index contributed by atoms with van der Waals surface area (Å²) in [5, 5.41) is 11.3. The van der Waals surface area contributed by atoms with Gasteiger partial charge < -0.3 is 0 Å². The normalized spacial score (nSPS) is 30.2. The monoisotopic (exact) mass is 110 g/mol. The Labute approximate surface area is 48.9 Å². The Morgan fingerprint density at radius 2 is 2.75 bits per heavy atom. The van der Waals surface area contributed by atoms with Crippen LogP contribution in [0, 0.1) is 17.9 Å². The molecule has 0 aromatic heterocycles. The van der Waals surface area contributed by atoms with E-state index in [-0.39, 0.29) is 6.17 Å². The molecule has 0 spiro atoms. The Morgan fingerprint density at radius 1 is 2.00 bits per heavy atom. The van der Waals surface area contributed by atoms with Crippen molar-refractivity contribution in [2.75, 3.05) is 13.6 Å². The summed E-state index contributed by atoms with van der Waals surface area (Å²) in [6.07, 6.45) is -0.102. The van der Waals surface area contributed by atoms with Gasteiger partial charge in [-0.2, -0.15) is 5.26 Å². The van der Waals surface area contributed by atoms with Crippen molar-refractivity contribution >= 4 is 0 Å². The molecular weight excluding hydrogens is 102 g/mol. The maximum Gasteiger partial charge on any atom is 0.150 e. The first-order valence-corrected chi connectivity index (χ1v) is 2.52. The summed E-state index contributed by atoms with van der Waals surface area (Å²) in [4.78, 5) is 1.93. The van der Waals surface area contributed by atoms with E-state index in [0.29, 0.717) is 0 Å². The second kappa shape index (κ2) is 2.12. The first kappa shape index (κ1) is 5.54. The van der Waals surface area contributed by atoms with Crippen LogP contribution in [0.25, 0.3) is 0 Å². The van der Waals surface area contributed by atoms with Crippen molar-refractivity contribution in [1.82, 2.24) is 10.2 Å². The van der Waals surface area contributed by atoms with E-state index in [1.807, 2.05) is 18.5 Å². The molecule has 3 heteroatoms. The minimum Gasteiger partial charge on any atom is -0.284 e. The van der Waals surface area contributed by atoms with Crippen molar-refractivity contribution in [3.8, 4) is 6.07 Å². The molecule has 1 atom stereocenters. The molecule has 1 saturated heterocycles. The van der Waals surface area contributed by atoms with Gasteiger partial charge >= 0.3 is 0 Å². The van der Waals surface area contributed by atoms with Gasteiger partial charge in [0.1, 0.15) is 0 Å². The summed E-state index contributed by atoms with van der Waals surface area (Å²) in [7, 11) is 1.91. The number of likely N-dealkylation sites (N-methyl/N-ethyl adjacent to an activating group) is 1. The molecule has 1 aliphatic heterocycles. The van der Waals surface area contributed by atoms with E-state index in [2.05, 4.69) is 11.4 Å². The minimum atomic E-state index is -0.102. The lowest BCUT2D eigenvalue weighted by Gasteiger charge is -2.08. The van der Waals surface area contributed by atoms with E-state index in [1.165, 1.54) is 0 Å². The van der Waals surface area contributed by atoms with Crippen LogP contribution >= 0.6 is 0 Å². The van der Waals surface area contributed by atoms with Crippen LogP contribution in [0.15, 0.2) is 0 Å². The van der Waals surface area contributed by atoms with Gasteiger partial charge in [0.15, 0.2) is 6.17 Å². The summed E-state index contributed by atoms with van der Waals surface area (Å²) in [6, 6.07) is 2.10. The van der Waals surface area contributed by atoms with Crippen molar-refractivity contribution in [2.45, 2.75) is 6.17 Å². The number of nitrogens with one attached hydrogen (secondary N) is 1. The van der Waals surface area contributed by atoms with Gasteiger partial charge in [-0.25, -0.2) is 0 Å². The van der Waals surface area contributed by atoms with Gasteiger partial charge in [0.25, 0.3) is 0 Å². The first-order valence-electron chi connectivity index (χ1n) is 2.52.